The molecule has 3 rings (SSSR count). The molecule has 0 aliphatic heterocycles. The summed E-state index contributed by atoms with van der Waals surface area (Å²) in [6, 6.07) is 19.6. The first-order chi connectivity index (χ1) is 16.8. The Labute approximate surface area is 216 Å². The smallest absolute Gasteiger partial charge is 0.243 e. The lowest BCUT2D eigenvalue weighted by Crippen LogP contribution is -2.52. The average Bonchev–Trinajstić information content (AvgIpc) is 2.84. The van der Waals surface area contributed by atoms with Gasteiger partial charge in [-0.3, -0.25) is 9.59 Å². The van der Waals surface area contributed by atoms with E-state index in [1.807, 2.05) is 44.2 Å². The van der Waals surface area contributed by atoms with Gasteiger partial charge in [0.25, 0.3) is 0 Å². The van der Waals surface area contributed by atoms with E-state index in [2.05, 4.69) is 5.32 Å². The third-order valence-electron chi connectivity index (χ3n) is 5.93. The summed E-state index contributed by atoms with van der Waals surface area (Å²) in [6.07, 6.45) is 1.08. The number of nitrogens with one attached hydrogen (secondary N) is 1. The van der Waals surface area contributed by atoms with Crippen molar-refractivity contribution in [3.05, 3.63) is 105 Å². The van der Waals surface area contributed by atoms with Gasteiger partial charge in [0.1, 0.15) is 11.9 Å². The number of hydrogen-bond donors (Lipinski definition) is 1. The minimum absolute atomic E-state index is 0.00422. The van der Waals surface area contributed by atoms with Crippen LogP contribution in [0.25, 0.3) is 0 Å². The number of amides is 2. The molecular weight excluding hydrogens is 486 g/mol. The Balaban J connectivity index is 2.01. The van der Waals surface area contributed by atoms with Crippen LogP contribution in [0, 0.1) is 5.82 Å². The van der Waals surface area contributed by atoms with Crippen molar-refractivity contribution in [3.63, 3.8) is 0 Å². The summed E-state index contributed by atoms with van der Waals surface area (Å²) in [5.41, 5.74) is 2.13. The molecule has 0 saturated carbocycles. The first kappa shape index (κ1) is 26.7. The molecule has 0 fully saturated rings. The van der Waals surface area contributed by atoms with Crippen LogP contribution in [0.3, 0.4) is 0 Å². The summed E-state index contributed by atoms with van der Waals surface area (Å²) < 4.78 is 13.4. The molecule has 0 aromatic heterocycles. The van der Waals surface area contributed by atoms with Gasteiger partial charge in [-0.25, -0.2) is 4.39 Å². The van der Waals surface area contributed by atoms with E-state index in [9.17, 15) is 14.0 Å². The minimum atomic E-state index is -0.799. The Morgan fingerprint density at radius 1 is 0.914 bits per heavy atom. The van der Waals surface area contributed by atoms with Crippen LogP contribution in [0.4, 0.5) is 4.39 Å². The van der Waals surface area contributed by atoms with E-state index in [0.717, 1.165) is 12.0 Å². The van der Waals surface area contributed by atoms with Crippen LogP contribution in [0.5, 0.6) is 0 Å². The molecule has 3 aromatic rings. The normalized spacial score (nSPS) is 12.6. The van der Waals surface area contributed by atoms with Crippen LogP contribution >= 0.6 is 23.2 Å². The molecule has 0 bridgehead atoms. The molecule has 35 heavy (non-hydrogen) atoms. The molecule has 4 nitrogen and oxygen atoms in total. The van der Waals surface area contributed by atoms with E-state index in [-0.39, 0.29) is 36.6 Å². The van der Waals surface area contributed by atoms with Crippen molar-refractivity contribution in [1.82, 2.24) is 10.2 Å². The second-order valence-electron chi connectivity index (χ2n) is 8.55. The second-order valence-corrected chi connectivity index (χ2v) is 9.36. The first-order valence-corrected chi connectivity index (χ1v) is 12.3. The summed E-state index contributed by atoms with van der Waals surface area (Å²) >= 11 is 12.9. The van der Waals surface area contributed by atoms with Crippen LogP contribution in [0.15, 0.2) is 72.8 Å². The van der Waals surface area contributed by atoms with Crippen molar-refractivity contribution in [2.24, 2.45) is 0 Å². The molecule has 7 heteroatoms. The van der Waals surface area contributed by atoms with E-state index in [1.165, 1.54) is 17.0 Å². The predicted molar refractivity (Wildman–Crippen MR) is 139 cm³/mol. The fourth-order valence-corrected chi connectivity index (χ4v) is 4.24. The molecule has 0 heterocycles. The minimum Gasteiger partial charge on any atom is -0.352 e. The van der Waals surface area contributed by atoms with Gasteiger partial charge in [-0.2, -0.15) is 0 Å². The molecule has 184 valence electrons. The Morgan fingerprint density at radius 2 is 1.54 bits per heavy atom. The molecule has 1 N–H and O–H groups in total. The van der Waals surface area contributed by atoms with Crippen molar-refractivity contribution < 1.29 is 14.0 Å². The summed E-state index contributed by atoms with van der Waals surface area (Å²) in [6.45, 7) is 3.97. The Morgan fingerprint density at radius 3 is 2.14 bits per heavy atom. The van der Waals surface area contributed by atoms with E-state index < -0.39 is 6.04 Å². The number of rotatable bonds is 10. The van der Waals surface area contributed by atoms with Crippen molar-refractivity contribution >= 4 is 35.0 Å². The van der Waals surface area contributed by atoms with Crippen LogP contribution in [-0.4, -0.2) is 28.8 Å². The van der Waals surface area contributed by atoms with Gasteiger partial charge in [-0.05, 0) is 48.7 Å². The summed E-state index contributed by atoms with van der Waals surface area (Å²) in [7, 11) is 0. The molecule has 2 atom stereocenters. The summed E-state index contributed by atoms with van der Waals surface area (Å²) in [5.74, 6) is -0.914. The van der Waals surface area contributed by atoms with Crippen LogP contribution in [-0.2, 0) is 29.0 Å². The summed E-state index contributed by atoms with van der Waals surface area (Å²) in [5, 5.41) is 3.85. The number of benzene rings is 3. The molecule has 3 aromatic carbocycles. The fourth-order valence-electron chi connectivity index (χ4n) is 3.73. The highest BCUT2D eigenvalue weighted by Crippen LogP contribution is 2.27. The quantitative estimate of drug-likeness (QED) is 0.348. The third kappa shape index (κ3) is 7.55. The monoisotopic (exact) mass is 514 g/mol. The predicted octanol–water partition coefficient (Wildman–Crippen LogP) is 6.23. The standard InChI is InChI=1S/C28H29Cl2FN2O2/c1-3-19(2)32-28(35)26(16-20-8-5-4-6-9-20)33(18-23-24(29)10-7-11-25(23)30)27(34)17-21-12-14-22(31)15-13-21/h4-15,19,26H,3,16-18H2,1-2H3,(H,32,35)/t19-,26+/m0/s1. The van der Waals surface area contributed by atoms with Crippen molar-refractivity contribution in [1.29, 1.82) is 0 Å². The molecule has 2 amide bonds. The molecule has 0 saturated heterocycles. The second kappa shape index (κ2) is 12.7. The lowest BCUT2D eigenvalue weighted by atomic mass is 10.0. The average molecular weight is 515 g/mol. The van der Waals surface area contributed by atoms with Gasteiger partial charge in [0.15, 0.2) is 0 Å². The van der Waals surface area contributed by atoms with Gasteiger partial charge in [0.2, 0.25) is 11.8 Å². The van der Waals surface area contributed by atoms with E-state index in [0.29, 0.717) is 27.6 Å². The molecule has 0 aliphatic carbocycles. The van der Waals surface area contributed by atoms with E-state index >= 15 is 0 Å². The van der Waals surface area contributed by atoms with E-state index in [4.69, 9.17) is 23.2 Å². The zero-order valence-corrected chi connectivity index (χ0v) is 21.3. The zero-order valence-electron chi connectivity index (χ0n) is 19.8. The van der Waals surface area contributed by atoms with Gasteiger partial charge in [-0.1, -0.05) is 78.7 Å². The maximum Gasteiger partial charge on any atom is 0.243 e. The van der Waals surface area contributed by atoms with Crippen molar-refractivity contribution in [2.45, 2.75) is 51.7 Å². The number of hydrogen-bond acceptors (Lipinski definition) is 2. The SMILES string of the molecule is CC[C@H](C)NC(=O)[C@@H](Cc1ccccc1)N(Cc1c(Cl)cccc1Cl)C(=O)Cc1ccc(F)cc1. The highest BCUT2D eigenvalue weighted by atomic mass is 35.5. The van der Waals surface area contributed by atoms with Gasteiger partial charge in [0, 0.05) is 34.6 Å². The maximum absolute atomic E-state index is 13.7. The largest absolute Gasteiger partial charge is 0.352 e. The maximum atomic E-state index is 13.7. The molecule has 0 radical (unpaired) electrons. The van der Waals surface area contributed by atoms with Gasteiger partial charge in [-0.15, -0.1) is 0 Å². The van der Waals surface area contributed by atoms with E-state index in [1.54, 1.807) is 30.3 Å². The Bertz CT molecular complexity index is 1120. The van der Waals surface area contributed by atoms with Gasteiger partial charge >= 0.3 is 0 Å². The van der Waals surface area contributed by atoms with Crippen LogP contribution < -0.4 is 5.32 Å². The van der Waals surface area contributed by atoms with Gasteiger partial charge in [0.05, 0.1) is 6.42 Å². The van der Waals surface area contributed by atoms with Crippen LogP contribution in [0.1, 0.15) is 37.0 Å². The lowest BCUT2D eigenvalue weighted by Gasteiger charge is -2.33. The topological polar surface area (TPSA) is 49.4 Å². The highest BCUT2D eigenvalue weighted by molar-refractivity contribution is 6.36. The highest BCUT2D eigenvalue weighted by Gasteiger charge is 2.31. The van der Waals surface area contributed by atoms with Gasteiger partial charge < -0.3 is 10.2 Å². The lowest BCUT2D eigenvalue weighted by molar-refractivity contribution is -0.141. The first-order valence-electron chi connectivity index (χ1n) is 11.6. The molecule has 0 aliphatic rings. The fraction of sp³-hybridized carbons (Fsp3) is 0.286. The third-order valence-corrected chi connectivity index (χ3v) is 6.64. The summed E-state index contributed by atoms with van der Waals surface area (Å²) in [4.78, 5) is 28.7. The van der Waals surface area contributed by atoms with Crippen LogP contribution in [0.2, 0.25) is 10.0 Å². The number of carbonyl (C=O) groups is 2. The number of carbonyl (C=O) groups excluding carboxylic acids is 2. The molecule has 0 spiro atoms. The number of nitrogens with zero attached hydrogens (tertiary/aromatic N) is 1. The van der Waals surface area contributed by atoms with Crippen molar-refractivity contribution in [2.75, 3.05) is 0 Å². The Hall–Kier alpha value is -2.89. The molecule has 0 unspecified atom stereocenters. The zero-order chi connectivity index (χ0) is 25.4. The number of halogens is 3. The molecular formula is C28H29Cl2FN2O2. The Kier molecular flexibility index (Phi) is 9.70. The van der Waals surface area contributed by atoms with Crippen molar-refractivity contribution in [3.8, 4) is 0 Å².